The lowest BCUT2D eigenvalue weighted by Crippen LogP contribution is -2.26. The summed E-state index contributed by atoms with van der Waals surface area (Å²) in [6.07, 6.45) is 3.24. The molecule has 3 aromatic rings. The molecule has 0 unspecified atom stereocenters. The van der Waals surface area contributed by atoms with Crippen LogP contribution in [-0.2, 0) is 11.2 Å². The SMILES string of the molecule is C[C@@H](NC(=O)CCc1c[nH]c2ccccc12)c1ccccc1. The second-order valence-electron chi connectivity index (χ2n) is 5.56. The molecule has 3 heteroatoms. The Morgan fingerprint density at radius 2 is 1.82 bits per heavy atom. The van der Waals surface area contributed by atoms with Crippen LogP contribution in [0.3, 0.4) is 0 Å². The number of aryl methyl sites for hydroxylation is 1. The minimum Gasteiger partial charge on any atom is -0.361 e. The lowest BCUT2D eigenvalue weighted by Gasteiger charge is -2.14. The summed E-state index contributed by atoms with van der Waals surface area (Å²) in [7, 11) is 0. The quantitative estimate of drug-likeness (QED) is 0.734. The van der Waals surface area contributed by atoms with E-state index in [0.717, 1.165) is 17.5 Å². The van der Waals surface area contributed by atoms with Gasteiger partial charge in [0.05, 0.1) is 6.04 Å². The number of aromatic amines is 1. The van der Waals surface area contributed by atoms with Crippen molar-refractivity contribution in [3.8, 4) is 0 Å². The van der Waals surface area contributed by atoms with E-state index < -0.39 is 0 Å². The van der Waals surface area contributed by atoms with E-state index in [2.05, 4.69) is 22.4 Å². The highest BCUT2D eigenvalue weighted by molar-refractivity contribution is 5.84. The van der Waals surface area contributed by atoms with Gasteiger partial charge >= 0.3 is 0 Å². The molecule has 0 saturated carbocycles. The van der Waals surface area contributed by atoms with Gasteiger partial charge in [-0.25, -0.2) is 0 Å². The Hall–Kier alpha value is -2.55. The Labute approximate surface area is 130 Å². The number of benzene rings is 2. The van der Waals surface area contributed by atoms with E-state index in [9.17, 15) is 4.79 Å². The summed E-state index contributed by atoms with van der Waals surface area (Å²) >= 11 is 0. The fourth-order valence-corrected chi connectivity index (χ4v) is 2.73. The maximum absolute atomic E-state index is 12.1. The number of carbonyl (C=O) groups is 1. The van der Waals surface area contributed by atoms with Crippen molar-refractivity contribution in [2.75, 3.05) is 0 Å². The van der Waals surface area contributed by atoms with Crippen LogP contribution in [0, 0.1) is 0 Å². The van der Waals surface area contributed by atoms with Crippen molar-refractivity contribution in [2.24, 2.45) is 0 Å². The number of amides is 1. The van der Waals surface area contributed by atoms with Crippen molar-refractivity contribution in [2.45, 2.75) is 25.8 Å². The number of hydrogen-bond donors (Lipinski definition) is 2. The van der Waals surface area contributed by atoms with E-state index in [0.29, 0.717) is 6.42 Å². The number of H-pyrrole nitrogens is 1. The highest BCUT2D eigenvalue weighted by Gasteiger charge is 2.10. The van der Waals surface area contributed by atoms with Crippen LogP contribution in [0.15, 0.2) is 60.8 Å². The van der Waals surface area contributed by atoms with Gasteiger partial charge in [-0.1, -0.05) is 48.5 Å². The molecular weight excluding hydrogens is 272 g/mol. The van der Waals surface area contributed by atoms with Crippen molar-refractivity contribution in [3.05, 3.63) is 71.9 Å². The van der Waals surface area contributed by atoms with Gasteiger partial charge in [-0.05, 0) is 30.5 Å². The molecular formula is C19H20N2O. The van der Waals surface area contributed by atoms with Gasteiger partial charge in [-0.2, -0.15) is 0 Å². The van der Waals surface area contributed by atoms with Gasteiger partial charge in [0.1, 0.15) is 0 Å². The number of nitrogens with one attached hydrogen (secondary N) is 2. The zero-order valence-electron chi connectivity index (χ0n) is 12.7. The zero-order chi connectivity index (χ0) is 15.4. The van der Waals surface area contributed by atoms with Gasteiger partial charge in [0.25, 0.3) is 0 Å². The molecule has 1 heterocycles. The molecule has 2 aromatic carbocycles. The molecule has 22 heavy (non-hydrogen) atoms. The number of hydrogen-bond acceptors (Lipinski definition) is 1. The summed E-state index contributed by atoms with van der Waals surface area (Å²) in [4.78, 5) is 15.4. The Balaban J connectivity index is 1.58. The first-order valence-corrected chi connectivity index (χ1v) is 7.63. The van der Waals surface area contributed by atoms with Crippen molar-refractivity contribution in [3.63, 3.8) is 0 Å². The summed E-state index contributed by atoms with van der Waals surface area (Å²) in [6, 6.07) is 18.2. The molecule has 0 bridgehead atoms. The summed E-state index contributed by atoms with van der Waals surface area (Å²) in [5, 5.41) is 4.26. The first-order valence-electron chi connectivity index (χ1n) is 7.63. The molecule has 0 aliphatic rings. The second kappa shape index (κ2) is 6.48. The maximum atomic E-state index is 12.1. The molecule has 112 valence electrons. The first kappa shape index (κ1) is 14.4. The van der Waals surface area contributed by atoms with Gasteiger partial charge < -0.3 is 10.3 Å². The second-order valence-corrected chi connectivity index (χ2v) is 5.56. The minimum atomic E-state index is 0.0386. The van der Waals surface area contributed by atoms with Crippen LogP contribution in [0.4, 0.5) is 0 Å². The van der Waals surface area contributed by atoms with Gasteiger partial charge in [-0.15, -0.1) is 0 Å². The highest BCUT2D eigenvalue weighted by Crippen LogP contribution is 2.19. The third kappa shape index (κ3) is 3.19. The molecule has 0 saturated heterocycles. The van der Waals surface area contributed by atoms with E-state index in [1.807, 2.05) is 55.6 Å². The third-order valence-corrected chi connectivity index (χ3v) is 3.97. The third-order valence-electron chi connectivity index (χ3n) is 3.97. The largest absolute Gasteiger partial charge is 0.361 e. The molecule has 0 spiro atoms. The lowest BCUT2D eigenvalue weighted by atomic mass is 10.1. The number of para-hydroxylation sites is 1. The monoisotopic (exact) mass is 292 g/mol. The van der Waals surface area contributed by atoms with Gasteiger partial charge in [0.2, 0.25) is 5.91 Å². The Bertz CT molecular complexity index is 761. The van der Waals surface area contributed by atoms with E-state index in [-0.39, 0.29) is 11.9 Å². The Morgan fingerprint density at radius 3 is 2.64 bits per heavy atom. The smallest absolute Gasteiger partial charge is 0.220 e. The average Bonchev–Trinajstić information content (AvgIpc) is 2.97. The summed E-state index contributed by atoms with van der Waals surface area (Å²) in [6.45, 7) is 2.01. The van der Waals surface area contributed by atoms with E-state index >= 15 is 0 Å². The number of rotatable bonds is 5. The van der Waals surface area contributed by atoms with Crippen LogP contribution >= 0.6 is 0 Å². The zero-order valence-corrected chi connectivity index (χ0v) is 12.7. The predicted octanol–water partition coefficient (Wildman–Crippen LogP) is 3.98. The summed E-state index contributed by atoms with van der Waals surface area (Å²) in [5.41, 5.74) is 3.44. The van der Waals surface area contributed by atoms with Crippen LogP contribution in [-0.4, -0.2) is 10.9 Å². The minimum absolute atomic E-state index is 0.0386. The first-order chi connectivity index (χ1) is 10.7. The number of carbonyl (C=O) groups excluding carboxylic acids is 1. The van der Waals surface area contributed by atoms with Crippen molar-refractivity contribution in [1.82, 2.24) is 10.3 Å². The molecule has 1 amide bonds. The van der Waals surface area contributed by atoms with Crippen molar-refractivity contribution >= 4 is 16.8 Å². The molecule has 3 nitrogen and oxygen atoms in total. The van der Waals surface area contributed by atoms with Crippen LogP contribution in [0.2, 0.25) is 0 Å². The van der Waals surface area contributed by atoms with Gasteiger partial charge in [-0.3, -0.25) is 4.79 Å². The van der Waals surface area contributed by atoms with Crippen LogP contribution in [0.1, 0.15) is 30.5 Å². The standard InChI is InChI=1S/C19H20N2O/c1-14(15-7-3-2-4-8-15)21-19(22)12-11-16-13-20-18-10-6-5-9-17(16)18/h2-10,13-14,20H,11-12H2,1H3,(H,21,22)/t14-/m1/s1. The topological polar surface area (TPSA) is 44.9 Å². The predicted molar refractivity (Wildman–Crippen MR) is 89.6 cm³/mol. The van der Waals surface area contributed by atoms with Crippen molar-refractivity contribution in [1.29, 1.82) is 0 Å². The summed E-state index contributed by atoms with van der Waals surface area (Å²) in [5.74, 6) is 0.0848. The molecule has 0 fully saturated rings. The molecule has 0 aliphatic carbocycles. The Kier molecular flexibility index (Phi) is 4.24. The molecule has 0 aliphatic heterocycles. The van der Waals surface area contributed by atoms with Crippen LogP contribution in [0.5, 0.6) is 0 Å². The maximum Gasteiger partial charge on any atom is 0.220 e. The normalized spacial score (nSPS) is 12.2. The number of fused-ring (bicyclic) bond motifs is 1. The average molecular weight is 292 g/mol. The van der Waals surface area contributed by atoms with Crippen LogP contribution in [0.25, 0.3) is 10.9 Å². The Morgan fingerprint density at radius 1 is 1.09 bits per heavy atom. The molecule has 0 radical (unpaired) electrons. The fraction of sp³-hybridized carbons (Fsp3) is 0.211. The molecule has 3 rings (SSSR count). The van der Waals surface area contributed by atoms with Gasteiger partial charge in [0.15, 0.2) is 0 Å². The van der Waals surface area contributed by atoms with Gasteiger partial charge in [0, 0.05) is 23.5 Å². The van der Waals surface area contributed by atoms with E-state index in [4.69, 9.17) is 0 Å². The lowest BCUT2D eigenvalue weighted by molar-refractivity contribution is -0.121. The molecule has 1 aromatic heterocycles. The molecule has 1 atom stereocenters. The van der Waals surface area contributed by atoms with Crippen molar-refractivity contribution < 1.29 is 4.79 Å². The highest BCUT2D eigenvalue weighted by atomic mass is 16.1. The van der Waals surface area contributed by atoms with E-state index in [1.165, 1.54) is 10.9 Å². The number of aromatic nitrogens is 1. The molecule has 2 N–H and O–H groups in total. The fourth-order valence-electron chi connectivity index (χ4n) is 2.73. The van der Waals surface area contributed by atoms with Crippen LogP contribution < -0.4 is 5.32 Å². The summed E-state index contributed by atoms with van der Waals surface area (Å²) < 4.78 is 0. The van der Waals surface area contributed by atoms with E-state index in [1.54, 1.807) is 0 Å².